The van der Waals surface area contributed by atoms with E-state index >= 15 is 0 Å². The second kappa shape index (κ2) is 11.7. The molecule has 0 bridgehead atoms. The van der Waals surface area contributed by atoms with Crippen LogP contribution in [0.1, 0.15) is 65.7 Å². The first kappa shape index (κ1) is 27.8. The molecule has 0 aromatic heterocycles. The standard InChI is InChI=1S/C29H31FIO5P/c1-18(2)25-13-21(8-9-28(25)32)14-26-19(3)12-24(16-27(26)20(4)31)34-17-37(33)35-11-10-29(36-37)22-6-5-7-23(30)15-22/h5-9,12-13,15-16,18,29,32H,4,10-11,14,17H2,1-3H3/t29-,37?/m0/s1. The molecule has 1 heterocycles. The van der Waals surface area contributed by atoms with Crippen molar-refractivity contribution in [2.45, 2.75) is 45.6 Å². The Morgan fingerprint density at radius 1 is 1.24 bits per heavy atom. The Morgan fingerprint density at radius 3 is 2.73 bits per heavy atom. The van der Waals surface area contributed by atoms with Gasteiger partial charge in [0.05, 0.1) is 12.7 Å². The third-order valence-electron chi connectivity index (χ3n) is 6.40. The molecule has 196 valence electrons. The summed E-state index contributed by atoms with van der Waals surface area (Å²) >= 11 is 2.19. The van der Waals surface area contributed by atoms with E-state index in [0.29, 0.717) is 29.9 Å². The van der Waals surface area contributed by atoms with Crippen molar-refractivity contribution in [1.82, 2.24) is 0 Å². The predicted octanol–water partition coefficient (Wildman–Crippen LogP) is 8.67. The van der Waals surface area contributed by atoms with Gasteiger partial charge < -0.3 is 14.4 Å². The Kier molecular flexibility index (Phi) is 8.79. The van der Waals surface area contributed by atoms with Crippen molar-refractivity contribution < 1.29 is 27.8 Å². The van der Waals surface area contributed by atoms with E-state index < -0.39 is 13.7 Å². The van der Waals surface area contributed by atoms with Gasteiger partial charge in [-0.15, -0.1) is 0 Å². The van der Waals surface area contributed by atoms with Crippen LogP contribution in [0, 0.1) is 12.7 Å². The van der Waals surface area contributed by atoms with E-state index in [0.717, 1.165) is 31.4 Å². The number of aromatic hydroxyl groups is 1. The minimum Gasteiger partial charge on any atom is -0.508 e. The molecule has 0 saturated carbocycles. The summed E-state index contributed by atoms with van der Waals surface area (Å²) < 4.78 is 45.0. The van der Waals surface area contributed by atoms with E-state index in [1.54, 1.807) is 18.2 Å². The van der Waals surface area contributed by atoms with E-state index in [1.807, 2.05) is 31.2 Å². The van der Waals surface area contributed by atoms with Crippen LogP contribution in [0.25, 0.3) is 3.58 Å². The quantitative estimate of drug-likeness (QED) is 0.198. The van der Waals surface area contributed by atoms with Gasteiger partial charge in [-0.05, 0) is 106 Å². The van der Waals surface area contributed by atoms with E-state index in [2.05, 4.69) is 43.0 Å². The van der Waals surface area contributed by atoms with Crippen LogP contribution in [0.5, 0.6) is 11.5 Å². The molecule has 37 heavy (non-hydrogen) atoms. The maximum absolute atomic E-state index is 13.7. The molecule has 3 aromatic rings. The van der Waals surface area contributed by atoms with Gasteiger partial charge in [-0.1, -0.05) is 44.7 Å². The average molecular weight is 636 g/mol. The predicted molar refractivity (Wildman–Crippen MR) is 153 cm³/mol. The minimum absolute atomic E-state index is 0.211. The fourth-order valence-electron chi connectivity index (χ4n) is 4.46. The molecule has 5 nitrogen and oxygen atoms in total. The normalized spacial score (nSPS) is 19.7. The second-order valence-electron chi connectivity index (χ2n) is 9.55. The summed E-state index contributed by atoms with van der Waals surface area (Å²) in [6, 6.07) is 15.6. The van der Waals surface area contributed by atoms with Crippen LogP contribution in [0.2, 0.25) is 0 Å². The first-order chi connectivity index (χ1) is 17.5. The molecular weight excluding hydrogens is 605 g/mol. The summed E-state index contributed by atoms with van der Waals surface area (Å²) in [5.41, 5.74) is 5.69. The summed E-state index contributed by atoms with van der Waals surface area (Å²) in [4.78, 5) is 0. The summed E-state index contributed by atoms with van der Waals surface area (Å²) in [5.74, 6) is 0.689. The van der Waals surface area contributed by atoms with Crippen molar-refractivity contribution in [2.24, 2.45) is 0 Å². The maximum Gasteiger partial charge on any atom is 0.368 e. The highest BCUT2D eigenvalue weighted by atomic mass is 127. The minimum atomic E-state index is -3.55. The SMILES string of the molecule is C=C(I)c1cc(OCP2(=O)OCC[C@@H](c3cccc(F)c3)O2)cc(C)c1Cc1ccc(O)c(C(C)C)c1. The van der Waals surface area contributed by atoms with Gasteiger partial charge in [0.2, 0.25) is 0 Å². The summed E-state index contributed by atoms with van der Waals surface area (Å²) in [5, 5.41) is 10.2. The van der Waals surface area contributed by atoms with E-state index in [1.165, 1.54) is 12.1 Å². The first-order valence-corrected chi connectivity index (χ1v) is 15.0. The summed E-state index contributed by atoms with van der Waals surface area (Å²) in [6.45, 7) is 10.5. The third kappa shape index (κ3) is 6.82. The first-order valence-electron chi connectivity index (χ1n) is 12.1. The Morgan fingerprint density at radius 2 is 2.03 bits per heavy atom. The van der Waals surface area contributed by atoms with Crippen molar-refractivity contribution in [3.8, 4) is 11.5 Å². The topological polar surface area (TPSA) is 65.0 Å². The summed E-state index contributed by atoms with van der Waals surface area (Å²) in [7, 11) is -3.55. The van der Waals surface area contributed by atoms with Crippen LogP contribution in [0.3, 0.4) is 0 Å². The molecule has 0 aliphatic carbocycles. The molecule has 0 amide bonds. The van der Waals surface area contributed by atoms with E-state index in [4.69, 9.17) is 13.8 Å². The highest BCUT2D eigenvalue weighted by molar-refractivity contribution is 14.1. The number of ether oxygens (including phenoxy) is 1. The van der Waals surface area contributed by atoms with Crippen molar-refractivity contribution >= 4 is 33.8 Å². The number of rotatable bonds is 8. The lowest BCUT2D eigenvalue weighted by Gasteiger charge is -2.30. The van der Waals surface area contributed by atoms with Crippen LogP contribution in [0.4, 0.5) is 4.39 Å². The lowest BCUT2D eigenvalue weighted by Crippen LogP contribution is -2.17. The van der Waals surface area contributed by atoms with Crippen molar-refractivity contribution in [3.63, 3.8) is 0 Å². The Hall–Kier alpha value is -2.19. The number of hydrogen-bond acceptors (Lipinski definition) is 5. The number of benzene rings is 3. The van der Waals surface area contributed by atoms with Gasteiger partial charge in [0, 0.05) is 10.0 Å². The zero-order chi connectivity index (χ0) is 26.7. The zero-order valence-corrected chi connectivity index (χ0v) is 24.2. The number of hydrogen-bond donors (Lipinski definition) is 1. The molecule has 1 fully saturated rings. The Labute approximate surface area is 231 Å². The zero-order valence-electron chi connectivity index (χ0n) is 21.2. The van der Waals surface area contributed by atoms with Gasteiger partial charge >= 0.3 is 7.60 Å². The largest absolute Gasteiger partial charge is 0.508 e. The van der Waals surface area contributed by atoms with Gasteiger partial charge in [0.25, 0.3) is 0 Å². The van der Waals surface area contributed by atoms with E-state index in [-0.39, 0.29) is 24.7 Å². The average Bonchev–Trinajstić information content (AvgIpc) is 2.85. The van der Waals surface area contributed by atoms with Gasteiger partial charge in [-0.25, -0.2) is 4.39 Å². The molecule has 0 radical (unpaired) electrons. The van der Waals surface area contributed by atoms with Crippen LogP contribution in [-0.2, 0) is 20.0 Å². The molecule has 3 aromatic carbocycles. The Bertz CT molecular complexity index is 1360. The second-order valence-corrected chi connectivity index (χ2v) is 12.8. The molecule has 1 aliphatic heterocycles. The molecular formula is C29H31FIO5P. The fourth-order valence-corrected chi connectivity index (χ4v) is 6.44. The molecule has 8 heteroatoms. The molecule has 4 rings (SSSR count). The highest BCUT2D eigenvalue weighted by Gasteiger charge is 2.35. The molecule has 1 aliphatic rings. The maximum atomic E-state index is 13.7. The number of phenols is 1. The molecule has 2 atom stereocenters. The van der Waals surface area contributed by atoms with Crippen molar-refractivity contribution in [3.05, 3.63) is 100 Å². The van der Waals surface area contributed by atoms with Crippen LogP contribution in [0.15, 0.2) is 61.2 Å². The highest BCUT2D eigenvalue weighted by Crippen LogP contribution is 2.56. The monoisotopic (exact) mass is 636 g/mol. The van der Waals surface area contributed by atoms with E-state index in [9.17, 15) is 14.1 Å². The molecule has 0 spiro atoms. The third-order valence-corrected chi connectivity index (χ3v) is 8.58. The van der Waals surface area contributed by atoms with Gasteiger partial charge in [-0.2, -0.15) is 0 Å². The van der Waals surface area contributed by atoms with Crippen LogP contribution in [-0.4, -0.2) is 18.1 Å². The number of phenolic OH excluding ortho intramolecular Hbond substituents is 1. The van der Waals surface area contributed by atoms with Crippen molar-refractivity contribution in [2.75, 3.05) is 13.0 Å². The molecule has 1 N–H and O–H groups in total. The van der Waals surface area contributed by atoms with Crippen LogP contribution < -0.4 is 4.74 Å². The Balaban J connectivity index is 1.52. The summed E-state index contributed by atoms with van der Waals surface area (Å²) in [6.07, 6.45) is 0.383. The lowest BCUT2D eigenvalue weighted by atomic mass is 9.92. The van der Waals surface area contributed by atoms with Gasteiger partial charge in [0.1, 0.15) is 17.3 Å². The van der Waals surface area contributed by atoms with Gasteiger partial charge in [-0.3, -0.25) is 9.09 Å². The fraction of sp³-hybridized carbons (Fsp3) is 0.310. The number of halogens is 2. The molecule has 1 saturated heterocycles. The number of aryl methyl sites for hydroxylation is 1. The van der Waals surface area contributed by atoms with Gasteiger partial charge in [0.15, 0.2) is 6.35 Å². The smallest absolute Gasteiger partial charge is 0.368 e. The lowest BCUT2D eigenvalue weighted by molar-refractivity contribution is 0.0723. The van der Waals surface area contributed by atoms with Crippen LogP contribution >= 0.6 is 30.2 Å². The van der Waals surface area contributed by atoms with Crippen molar-refractivity contribution in [1.29, 1.82) is 0 Å². The molecule has 1 unspecified atom stereocenters.